The summed E-state index contributed by atoms with van der Waals surface area (Å²) in [6, 6.07) is 7.89. The predicted octanol–water partition coefficient (Wildman–Crippen LogP) is 4.02. The molecule has 0 aliphatic heterocycles. The number of nitrogens with zero attached hydrogens (tertiary/aromatic N) is 1. The number of nitrogens with one attached hydrogen (secondary N) is 1. The zero-order valence-corrected chi connectivity index (χ0v) is 13.3. The van der Waals surface area contributed by atoms with Crippen molar-refractivity contribution in [2.45, 2.75) is 32.9 Å². The van der Waals surface area contributed by atoms with Crippen LogP contribution >= 0.6 is 15.9 Å². The van der Waals surface area contributed by atoms with Crippen LogP contribution in [0.5, 0.6) is 0 Å². The van der Waals surface area contributed by atoms with E-state index in [-0.39, 0.29) is 0 Å². The van der Waals surface area contributed by atoms with Crippen molar-refractivity contribution >= 4 is 32.9 Å². The first-order valence-corrected chi connectivity index (χ1v) is 7.14. The lowest BCUT2D eigenvalue weighted by Gasteiger charge is -2.19. The molecule has 1 aromatic heterocycles. The van der Waals surface area contributed by atoms with Crippen LogP contribution in [0.15, 0.2) is 34.9 Å². The number of benzene rings is 1. The maximum atomic E-state index is 11.6. The van der Waals surface area contributed by atoms with E-state index in [1.807, 2.05) is 45.0 Å². The van der Waals surface area contributed by atoms with Crippen molar-refractivity contribution in [1.82, 2.24) is 10.3 Å². The molecule has 1 aromatic carbocycles. The SMILES string of the molecule is CC(C)(C)OC(=O)NCc1ccc2ncc(Br)cc2c1. The first-order chi connectivity index (χ1) is 9.33. The largest absolute Gasteiger partial charge is 0.444 e. The zero-order valence-electron chi connectivity index (χ0n) is 11.7. The molecule has 0 aliphatic rings. The lowest BCUT2D eigenvalue weighted by molar-refractivity contribution is 0.0523. The summed E-state index contributed by atoms with van der Waals surface area (Å²) in [6.45, 7) is 5.95. The number of amides is 1. The van der Waals surface area contributed by atoms with Gasteiger partial charge in [-0.25, -0.2) is 4.79 Å². The molecule has 0 radical (unpaired) electrons. The van der Waals surface area contributed by atoms with Gasteiger partial charge in [-0.3, -0.25) is 4.98 Å². The molecule has 0 bridgehead atoms. The fourth-order valence-electron chi connectivity index (χ4n) is 1.75. The van der Waals surface area contributed by atoms with Crippen LogP contribution in [0, 0.1) is 0 Å². The second-order valence-electron chi connectivity index (χ2n) is 5.54. The van der Waals surface area contributed by atoms with Crippen LogP contribution in [0.3, 0.4) is 0 Å². The molecule has 106 valence electrons. The summed E-state index contributed by atoms with van der Waals surface area (Å²) in [6.07, 6.45) is 1.35. The molecule has 4 nitrogen and oxygen atoms in total. The molecule has 1 amide bonds. The lowest BCUT2D eigenvalue weighted by Crippen LogP contribution is -2.32. The number of aromatic nitrogens is 1. The Hall–Kier alpha value is -1.62. The number of hydrogen-bond acceptors (Lipinski definition) is 3. The Bertz CT molecular complexity index is 635. The van der Waals surface area contributed by atoms with E-state index in [1.165, 1.54) is 0 Å². The summed E-state index contributed by atoms with van der Waals surface area (Å²) in [4.78, 5) is 15.9. The highest BCUT2D eigenvalue weighted by Crippen LogP contribution is 2.18. The lowest BCUT2D eigenvalue weighted by atomic mass is 10.1. The van der Waals surface area contributed by atoms with Gasteiger partial charge in [0.05, 0.1) is 5.52 Å². The number of halogens is 1. The van der Waals surface area contributed by atoms with Gasteiger partial charge >= 0.3 is 6.09 Å². The predicted molar refractivity (Wildman–Crippen MR) is 82.5 cm³/mol. The minimum Gasteiger partial charge on any atom is -0.444 e. The number of carbonyl (C=O) groups excluding carboxylic acids is 1. The van der Waals surface area contributed by atoms with E-state index in [0.29, 0.717) is 6.54 Å². The number of carbonyl (C=O) groups is 1. The van der Waals surface area contributed by atoms with Gasteiger partial charge in [0.25, 0.3) is 0 Å². The Morgan fingerprint density at radius 3 is 2.80 bits per heavy atom. The summed E-state index contributed by atoms with van der Waals surface area (Å²) in [7, 11) is 0. The van der Waals surface area contributed by atoms with Crippen molar-refractivity contribution in [2.75, 3.05) is 0 Å². The van der Waals surface area contributed by atoms with Gasteiger partial charge in [0.15, 0.2) is 0 Å². The maximum Gasteiger partial charge on any atom is 0.407 e. The van der Waals surface area contributed by atoms with Crippen LogP contribution in [-0.2, 0) is 11.3 Å². The smallest absolute Gasteiger partial charge is 0.407 e. The molecule has 0 atom stereocenters. The second-order valence-corrected chi connectivity index (χ2v) is 6.45. The minimum atomic E-state index is -0.484. The molecule has 0 fully saturated rings. The van der Waals surface area contributed by atoms with Gasteiger partial charge in [-0.1, -0.05) is 6.07 Å². The van der Waals surface area contributed by atoms with E-state index in [9.17, 15) is 4.79 Å². The summed E-state index contributed by atoms with van der Waals surface area (Å²) in [5, 5.41) is 3.77. The number of hydrogen-bond donors (Lipinski definition) is 1. The van der Waals surface area contributed by atoms with Crippen LogP contribution in [0.25, 0.3) is 10.9 Å². The molecule has 20 heavy (non-hydrogen) atoms. The number of ether oxygens (including phenoxy) is 1. The Morgan fingerprint density at radius 2 is 2.10 bits per heavy atom. The molecule has 0 aliphatic carbocycles. The van der Waals surface area contributed by atoms with E-state index in [4.69, 9.17) is 4.74 Å². The molecule has 1 N–H and O–H groups in total. The molecule has 0 spiro atoms. The number of pyridine rings is 1. The van der Waals surface area contributed by atoms with Crippen molar-refractivity contribution in [3.8, 4) is 0 Å². The molecule has 2 aromatic rings. The molecule has 5 heteroatoms. The van der Waals surface area contributed by atoms with E-state index < -0.39 is 11.7 Å². The molecule has 0 saturated heterocycles. The molecule has 2 rings (SSSR count). The first kappa shape index (κ1) is 14.8. The third-order valence-electron chi connectivity index (χ3n) is 2.55. The third-order valence-corrected chi connectivity index (χ3v) is 2.98. The van der Waals surface area contributed by atoms with Gasteiger partial charge in [0.1, 0.15) is 5.60 Å². The van der Waals surface area contributed by atoms with Crippen molar-refractivity contribution in [1.29, 1.82) is 0 Å². The van der Waals surface area contributed by atoms with E-state index >= 15 is 0 Å². The highest BCUT2D eigenvalue weighted by atomic mass is 79.9. The first-order valence-electron chi connectivity index (χ1n) is 6.34. The minimum absolute atomic E-state index is 0.412. The highest BCUT2D eigenvalue weighted by molar-refractivity contribution is 9.10. The van der Waals surface area contributed by atoms with Gasteiger partial charge in [0, 0.05) is 22.6 Å². The van der Waals surface area contributed by atoms with Crippen LogP contribution in [0.1, 0.15) is 26.3 Å². The fraction of sp³-hybridized carbons (Fsp3) is 0.333. The summed E-state index contributed by atoms with van der Waals surface area (Å²) in [5.41, 5.74) is 1.44. The third kappa shape index (κ3) is 4.20. The topological polar surface area (TPSA) is 51.2 Å². The molecule has 0 saturated carbocycles. The monoisotopic (exact) mass is 336 g/mol. The van der Waals surface area contributed by atoms with E-state index in [1.54, 1.807) is 6.20 Å². The average molecular weight is 337 g/mol. The second kappa shape index (κ2) is 5.79. The summed E-state index contributed by atoms with van der Waals surface area (Å²) in [5.74, 6) is 0. The quantitative estimate of drug-likeness (QED) is 0.900. The fourth-order valence-corrected chi connectivity index (χ4v) is 2.10. The maximum absolute atomic E-state index is 11.6. The van der Waals surface area contributed by atoms with Crippen LogP contribution in [0.2, 0.25) is 0 Å². The highest BCUT2D eigenvalue weighted by Gasteiger charge is 2.15. The molecule has 0 unspecified atom stereocenters. The van der Waals surface area contributed by atoms with Gasteiger partial charge in [-0.2, -0.15) is 0 Å². The Kier molecular flexibility index (Phi) is 4.28. The average Bonchev–Trinajstić information content (AvgIpc) is 2.33. The van der Waals surface area contributed by atoms with Crippen molar-refractivity contribution < 1.29 is 9.53 Å². The Labute approximate surface area is 126 Å². The molecular weight excluding hydrogens is 320 g/mol. The van der Waals surface area contributed by atoms with Gasteiger partial charge in [-0.15, -0.1) is 0 Å². The van der Waals surface area contributed by atoms with Crippen LogP contribution in [0.4, 0.5) is 4.79 Å². The summed E-state index contributed by atoms with van der Waals surface area (Å²) < 4.78 is 6.13. The Morgan fingerprint density at radius 1 is 1.35 bits per heavy atom. The van der Waals surface area contributed by atoms with E-state index in [2.05, 4.69) is 26.2 Å². The number of rotatable bonds is 2. The molecule has 1 heterocycles. The summed E-state index contributed by atoms with van der Waals surface area (Å²) >= 11 is 3.40. The van der Waals surface area contributed by atoms with Crippen molar-refractivity contribution in [3.05, 3.63) is 40.5 Å². The van der Waals surface area contributed by atoms with Gasteiger partial charge in [-0.05, 0) is 60.5 Å². The van der Waals surface area contributed by atoms with Crippen molar-refractivity contribution in [2.24, 2.45) is 0 Å². The van der Waals surface area contributed by atoms with Gasteiger partial charge in [0.2, 0.25) is 0 Å². The van der Waals surface area contributed by atoms with Crippen molar-refractivity contribution in [3.63, 3.8) is 0 Å². The number of alkyl carbamates (subject to hydrolysis) is 1. The van der Waals surface area contributed by atoms with E-state index in [0.717, 1.165) is 20.9 Å². The zero-order chi connectivity index (χ0) is 14.8. The normalized spacial score (nSPS) is 11.4. The number of fused-ring (bicyclic) bond motifs is 1. The van der Waals surface area contributed by atoms with Crippen LogP contribution in [-0.4, -0.2) is 16.7 Å². The Balaban J connectivity index is 2.05. The van der Waals surface area contributed by atoms with Gasteiger partial charge < -0.3 is 10.1 Å². The van der Waals surface area contributed by atoms with Crippen LogP contribution < -0.4 is 5.32 Å². The standard InChI is InChI=1S/C15H17BrN2O2/c1-15(2,3)20-14(19)18-8-10-4-5-13-11(6-10)7-12(16)9-17-13/h4-7,9H,8H2,1-3H3,(H,18,19). The molecular formula is C15H17BrN2O2.